The minimum atomic E-state index is -3.55. The highest BCUT2D eigenvalue weighted by Gasteiger charge is 2.29. The van der Waals surface area contributed by atoms with Crippen molar-refractivity contribution in [2.24, 2.45) is 0 Å². The number of benzene rings is 1. The molecule has 0 bridgehead atoms. The van der Waals surface area contributed by atoms with Gasteiger partial charge >= 0.3 is 0 Å². The lowest BCUT2D eigenvalue weighted by Gasteiger charge is -2.33. The highest BCUT2D eigenvalue weighted by atomic mass is 32.2. The number of methoxy groups -OCH3 is 2. The molecule has 1 aromatic carbocycles. The van der Waals surface area contributed by atoms with E-state index in [0.29, 0.717) is 50.6 Å². The molecule has 0 unspecified atom stereocenters. The number of rotatable bonds is 9. The van der Waals surface area contributed by atoms with Gasteiger partial charge in [-0.15, -0.1) is 0 Å². The molecular formula is C21H28N4O5S. The van der Waals surface area contributed by atoms with Crippen LogP contribution in [-0.4, -0.2) is 82.0 Å². The van der Waals surface area contributed by atoms with Crippen molar-refractivity contribution >= 4 is 15.9 Å². The van der Waals surface area contributed by atoms with Crippen LogP contribution in [0.15, 0.2) is 47.6 Å². The van der Waals surface area contributed by atoms with Crippen molar-refractivity contribution in [1.82, 2.24) is 19.5 Å². The van der Waals surface area contributed by atoms with Crippen LogP contribution in [0.5, 0.6) is 11.5 Å². The highest BCUT2D eigenvalue weighted by Crippen LogP contribution is 2.27. The maximum absolute atomic E-state index is 12.6. The first-order chi connectivity index (χ1) is 14.9. The molecule has 1 aromatic heterocycles. The van der Waals surface area contributed by atoms with E-state index in [1.807, 2.05) is 23.1 Å². The van der Waals surface area contributed by atoms with E-state index >= 15 is 0 Å². The Bertz CT molecular complexity index is 977. The molecule has 2 heterocycles. The van der Waals surface area contributed by atoms with Gasteiger partial charge in [0.25, 0.3) is 0 Å². The minimum Gasteiger partial charge on any atom is -0.493 e. The predicted molar refractivity (Wildman–Crippen MR) is 116 cm³/mol. The van der Waals surface area contributed by atoms with Crippen LogP contribution in [0.1, 0.15) is 5.56 Å². The number of hydrogen-bond donors (Lipinski definition) is 1. The second-order valence-corrected chi connectivity index (χ2v) is 9.10. The first-order valence-electron chi connectivity index (χ1n) is 10.0. The van der Waals surface area contributed by atoms with Crippen molar-refractivity contribution in [3.05, 3.63) is 48.3 Å². The third-order valence-corrected chi connectivity index (χ3v) is 7.04. The molecule has 0 spiro atoms. The molecule has 0 atom stereocenters. The number of sulfonamides is 1. The van der Waals surface area contributed by atoms with Gasteiger partial charge in [0.1, 0.15) is 4.90 Å². The molecular weight excluding hydrogens is 420 g/mol. The summed E-state index contributed by atoms with van der Waals surface area (Å²) in [5.41, 5.74) is 1.03. The Morgan fingerprint density at radius 1 is 1.10 bits per heavy atom. The Morgan fingerprint density at radius 2 is 1.84 bits per heavy atom. The topological polar surface area (TPSA) is 101 Å². The van der Waals surface area contributed by atoms with Gasteiger partial charge in [0, 0.05) is 45.1 Å². The van der Waals surface area contributed by atoms with E-state index in [-0.39, 0.29) is 17.3 Å². The second-order valence-electron chi connectivity index (χ2n) is 7.16. The molecule has 3 rings (SSSR count). The van der Waals surface area contributed by atoms with Crippen molar-refractivity contribution in [2.75, 3.05) is 53.5 Å². The van der Waals surface area contributed by atoms with Crippen LogP contribution in [0.2, 0.25) is 0 Å². The number of nitrogens with zero attached hydrogens (tertiary/aromatic N) is 3. The van der Waals surface area contributed by atoms with Crippen molar-refractivity contribution in [3.8, 4) is 11.5 Å². The molecule has 1 saturated heterocycles. The zero-order valence-corrected chi connectivity index (χ0v) is 18.6. The lowest BCUT2D eigenvalue weighted by Crippen LogP contribution is -2.51. The molecule has 0 saturated carbocycles. The predicted octanol–water partition coefficient (Wildman–Crippen LogP) is 0.764. The monoisotopic (exact) mass is 448 g/mol. The Kier molecular flexibility index (Phi) is 7.83. The molecule has 9 nitrogen and oxygen atoms in total. The minimum absolute atomic E-state index is 0.0796. The number of pyridine rings is 1. The van der Waals surface area contributed by atoms with E-state index in [2.05, 4.69) is 10.3 Å². The molecule has 31 heavy (non-hydrogen) atoms. The van der Waals surface area contributed by atoms with E-state index in [0.717, 1.165) is 5.56 Å². The molecule has 1 fully saturated rings. The summed E-state index contributed by atoms with van der Waals surface area (Å²) in [4.78, 5) is 18.3. The number of piperazine rings is 1. The number of carbonyl (C=O) groups is 1. The molecule has 0 radical (unpaired) electrons. The molecule has 1 amide bonds. The van der Waals surface area contributed by atoms with Crippen LogP contribution >= 0.6 is 0 Å². The van der Waals surface area contributed by atoms with E-state index in [4.69, 9.17) is 9.47 Å². The van der Waals surface area contributed by atoms with Gasteiger partial charge in [-0.3, -0.25) is 14.7 Å². The standard InChI is InChI=1S/C21H28N4O5S/c1-29-19-6-5-17(14-20(19)30-2)7-9-23-21(26)16-24-10-12-25(13-11-24)31(27,28)18-4-3-8-22-15-18/h3-6,8,14-15H,7,9-13,16H2,1-2H3,(H,23,26). The van der Waals surface area contributed by atoms with Gasteiger partial charge in [-0.05, 0) is 36.2 Å². The van der Waals surface area contributed by atoms with Gasteiger partial charge in [0.05, 0.1) is 20.8 Å². The SMILES string of the molecule is COc1ccc(CCNC(=O)CN2CCN(S(=O)(=O)c3cccnc3)CC2)cc1OC. The van der Waals surface area contributed by atoms with Crippen molar-refractivity contribution in [2.45, 2.75) is 11.3 Å². The van der Waals surface area contributed by atoms with E-state index in [9.17, 15) is 13.2 Å². The molecule has 168 valence electrons. The first-order valence-corrected chi connectivity index (χ1v) is 11.5. The summed E-state index contributed by atoms with van der Waals surface area (Å²) in [6.07, 6.45) is 3.57. The van der Waals surface area contributed by atoms with Crippen LogP contribution in [0, 0.1) is 0 Å². The van der Waals surface area contributed by atoms with Gasteiger partial charge in [-0.2, -0.15) is 4.31 Å². The Morgan fingerprint density at radius 3 is 2.48 bits per heavy atom. The van der Waals surface area contributed by atoms with Gasteiger partial charge in [0.15, 0.2) is 11.5 Å². The lowest BCUT2D eigenvalue weighted by molar-refractivity contribution is -0.122. The fraction of sp³-hybridized carbons (Fsp3) is 0.429. The smallest absolute Gasteiger partial charge is 0.244 e. The first kappa shape index (κ1) is 23.0. The largest absolute Gasteiger partial charge is 0.493 e. The average molecular weight is 449 g/mol. The van der Waals surface area contributed by atoms with Crippen LogP contribution in [-0.2, 0) is 21.2 Å². The Labute approximate surface area is 183 Å². The number of nitrogens with one attached hydrogen (secondary N) is 1. The summed E-state index contributed by atoms with van der Waals surface area (Å²) in [6.45, 7) is 2.44. The number of hydrogen-bond acceptors (Lipinski definition) is 7. The Hall–Kier alpha value is -2.69. The van der Waals surface area contributed by atoms with Crippen molar-refractivity contribution in [1.29, 1.82) is 0 Å². The fourth-order valence-electron chi connectivity index (χ4n) is 3.42. The van der Waals surface area contributed by atoms with Crippen LogP contribution in [0.4, 0.5) is 0 Å². The highest BCUT2D eigenvalue weighted by molar-refractivity contribution is 7.89. The summed E-state index contributed by atoms with van der Waals surface area (Å²) >= 11 is 0. The normalized spacial score (nSPS) is 15.4. The quantitative estimate of drug-likeness (QED) is 0.605. The van der Waals surface area contributed by atoms with Gasteiger partial charge in [-0.1, -0.05) is 6.07 Å². The number of aromatic nitrogens is 1. The van der Waals surface area contributed by atoms with Gasteiger partial charge < -0.3 is 14.8 Å². The average Bonchev–Trinajstić information content (AvgIpc) is 2.80. The molecule has 1 aliphatic heterocycles. The number of amides is 1. The zero-order chi connectivity index (χ0) is 22.3. The summed E-state index contributed by atoms with van der Waals surface area (Å²) in [5.74, 6) is 1.24. The molecule has 0 aliphatic carbocycles. The lowest BCUT2D eigenvalue weighted by atomic mass is 10.1. The summed E-state index contributed by atoms with van der Waals surface area (Å²) in [7, 11) is -0.368. The maximum Gasteiger partial charge on any atom is 0.244 e. The Balaban J connectivity index is 1.42. The molecule has 10 heteroatoms. The summed E-state index contributed by atoms with van der Waals surface area (Å²) in [6, 6.07) is 8.83. The molecule has 1 aliphatic rings. The van der Waals surface area contributed by atoms with Gasteiger partial charge in [0.2, 0.25) is 15.9 Å². The fourth-order valence-corrected chi connectivity index (χ4v) is 4.80. The third kappa shape index (κ3) is 5.93. The van der Waals surface area contributed by atoms with E-state index < -0.39 is 10.0 Å². The van der Waals surface area contributed by atoms with Gasteiger partial charge in [-0.25, -0.2) is 8.42 Å². The number of carbonyl (C=O) groups excluding carboxylic acids is 1. The maximum atomic E-state index is 12.6. The third-order valence-electron chi connectivity index (χ3n) is 5.15. The van der Waals surface area contributed by atoms with Crippen LogP contribution < -0.4 is 14.8 Å². The molecule has 1 N–H and O–H groups in total. The van der Waals surface area contributed by atoms with Crippen LogP contribution in [0.25, 0.3) is 0 Å². The van der Waals surface area contributed by atoms with E-state index in [1.165, 1.54) is 10.5 Å². The van der Waals surface area contributed by atoms with E-state index in [1.54, 1.807) is 32.5 Å². The van der Waals surface area contributed by atoms with Crippen molar-refractivity contribution in [3.63, 3.8) is 0 Å². The summed E-state index contributed by atoms with van der Waals surface area (Å²) < 4.78 is 37.3. The van der Waals surface area contributed by atoms with Crippen LogP contribution in [0.3, 0.4) is 0 Å². The zero-order valence-electron chi connectivity index (χ0n) is 17.8. The van der Waals surface area contributed by atoms with Crippen molar-refractivity contribution < 1.29 is 22.7 Å². The second kappa shape index (κ2) is 10.6. The summed E-state index contributed by atoms with van der Waals surface area (Å²) in [5, 5.41) is 2.92. The molecule has 2 aromatic rings. The number of ether oxygens (including phenoxy) is 2.